The number of ether oxygens (including phenoxy) is 1. The molecule has 0 aliphatic carbocycles. The number of aromatic amines is 1. The van der Waals surface area contributed by atoms with Crippen LogP contribution >= 0.6 is 0 Å². The third-order valence-electron chi connectivity index (χ3n) is 7.55. The number of nitrogens with one attached hydrogen (secondary N) is 2. The Morgan fingerprint density at radius 3 is 2.34 bits per heavy atom. The first-order valence-electron chi connectivity index (χ1n) is 13.3. The monoisotopic (exact) mass is 474 g/mol. The van der Waals surface area contributed by atoms with Crippen molar-refractivity contribution >= 4 is 17.0 Å². The molecule has 3 heterocycles. The van der Waals surface area contributed by atoms with E-state index in [1.165, 1.54) is 50.9 Å². The highest BCUT2D eigenvalue weighted by Gasteiger charge is 2.22. The largest absolute Gasteiger partial charge is 0.414 e. The minimum Gasteiger partial charge on any atom is -0.393 e. The van der Waals surface area contributed by atoms with Crippen molar-refractivity contribution in [1.29, 1.82) is 0 Å². The molecular formula is C29H38N4O2. The summed E-state index contributed by atoms with van der Waals surface area (Å²) in [6.07, 6.45) is 7.02. The smallest absolute Gasteiger partial charge is 0.393 e. The number of likely N-dealkylation sites (tertiary alicyclic amines) is 2. The summed E-state index contributed by atoms with van der Waals surface area (Å²) in [5.41, 5.74) is 4.47. The van der Waals surface area contributed by atoms with Gasteiger partial charge in [0.1, 0.15) is 0 Å². The van der Waals surface area contributed by atoms with Crippen LogP contribution in [0.4, 0.5) is 4.79 Å². The van der Waals surface area contributed by atoms with Gasteiger partial charge in [0.05, 0.1) is 0 Å². The normalized spacial score (nSPS) is 18.4. The molecule has 0 atom stereocenters. The predicted octanol–water partition coefficient (Wildman–Crippen LogP) is 5.57. The van der Waals surface area contributed by atoms with E-state index in [0.717, 1.165) is 54.5 Å². The molecule has 0 radical (unpaired) electrons. The second-order valence-electron chi connectivity index (χ2n) is 10.2. The lowest BCUT2D eigenvalue weighted by Gasteiger charge is -2.33. The minimum atomic E-state index is -0.378. The Morgan fingerprint density at radius 1 is 0.943 bits per heavy atom. The average molecular weight is 475 g/mol. The summed E-state index contributed by atoms with van der Waals surface area (Å²) in [5, 5.41) is 4.13. The molecule has 0 bridgehead atoms. The summed E-state index contributed by atoms with van der Waals surface area (Å²) >= 11 is 0. The maximum Gasteiger partial charge on any atom is 0.414 e. The zero-order valence-electron chi connectivity index (χ0n) is 20.9. The van der Waals surface area contributed by atoms with E-state index in [0.29, 0.717) is 5.88 Å². The van der Waals surface area contributed by atoms with Crippen LogP contribution in [0.5, 0.6) is 5.88 Å². The van der Waals surface area contributed by atoms with Crippen LogP contribution in [0.15, 0.2) is 48.5 Å². The molecule has 6 nitrogen and oxygen atoms in total. The van der Waals surface area contributed by atoms with Crippen LogP contribution < -0.4 is 10.1 Å². The summed E-state index contributed by atoms with van der Waals surface area (Å²) in [5.74, 6) is 0.479. The Kier molecular flexibility index (Phi) is 7.69. The highest BCUT2D eigenvalue weighted by molar-refractivity contribution is 5.96. The molecule has 0 unspecified atom stereocenters. The molecule has 35 heavy (non-hydrogen) atoms. The Bertz CT molecular complexity index is 1110. The van der Waals surface area contributed by atoms with E-state index in [4.69, 9.17) is 4.74 Å². The number of piperidine rings is 1. The van der Waals surface area contributed by atoms with Gasteiger partial charge in [-0.25, -0.2) is 4.79 Å². The average Bonchev–Trinajstić information content (AvgIpc) is 3.09. The standard InChI is InChI=1S/C29H38N4O2/c1-22-9-11-23(12-10-22)25-7-6-8-27-26(25)21-28(31-27)35-29(34)30-24-13-17-33(18-14-24)20-19-32-15-4-2-3-5-16-32/h6-12,21,24,31H,2-5,13-20H2,1H3,(H,30,34). The van der Waals surface area contributed by atoms with Gasteiger partial charge >= 0.3 is 6.09 Å². The van der Waals surface area contributed by atoms with Crippen LogP contribution in [0.1, 0.15) is 44.1 Å². The molecule has 2 fully saturated rings. The van der Waals surface area contributed by atoms with Gasteiger partial charge in [0.15, 0.2) is 0 Å². The second-order valence-corrected chi connectivity index (χ2v) is 10.2. The van der Waals surface area contributed by atoms with Crippen LogP contribution in [-0.4, -0.2) is 66.2 Å². The van der Waals surface area contributed by atoms with Crippen molar-refractivity contribution in [2.75, 3.05) is 39.3 Å². The van der Waals surface area contributed by atoms with Gasteiger partial charge in [0.25, 0.3) is 0 Å². The van der Waals surface area contributed by atoms with E-state index in [1.54, 1.807) is 0 Å². The first kappa shape index (κ1) is 23.9. The summed E-state index contributed by atoms with van der Waals surface area (Å²) in [6.45, 7) is 8.97. The number of hydrogen-bond donors (Lipinski definition) is 2. The maximum atomic E-state index is 12.6. The van der Waals surface area contributed by atoms with Crippen molar-refractivity contribution in [3.05, 3.63) is 54.1 Å². The fraction of sp³-hybridized carbons (Fsp3) is 0.483. The van der Waals surface area contributed by atoms with E-state index in [9.17, 15) is 4.79 Å². The van der Waals surface area contributed by atoms with Crippen LogP contribution in [0.2, 0.25) is 0 Å². The van der Waals surface area contributed by atoms with E-state index >= 15 is 0 Å². The highest BCUT2D eigenvalue weighted by atomic mass is 16.6. The molecule has 2 aromatic carbocycles. The fourth-order valence-corrected chi connectivity index (χ4v) is 5.41. The van der Waals surface area contributed by atoms with Crippen LogP contribution in [0.3, 0.4) is 0 Å². The van der Waals surface area contributed by atoms with E-state index < -0.39 is 0 Å². The zero-order valence-corrected chi connectivity index (χ0v) is 20.9. The summed E-state index contributed by atoms with van der Waals surface area (Å²) in [6, 6.07) is 16.7. The lowest BCUT2D eigenvalue weighted by Crippen LogP contribution is -2.47. The van der Waals surface area contributed by atoms with Crippen LogP contribution in [-0.2, 0) is 0 Å². The molecule has 2 saturated heterocycles. The number of nitrogens with zero attached hydrogens (tertiary/aromatic N) is 2. The van der Waals surface area contributed by atoms with E-state index in [2.05, 4.69) is 57.4 Å². The van der Waals surface area contributed by atoms with Gasteiger partial charge in [0.2, 0.25) is 5.88 Å². The first-order chi connectivity index (χ1) is 17.1. The number of fused-ring (bicyclic) bond motifs is 1. The molecule has 1 amide bonds. The Hall–Kier alpha value is -2.83. The van der Waals surface area contributed by atoms with Crippen LogP contribution in [0, 0.1) is 6.92 Å². The lowest BCUT2D eigenvalue weighted by molar-refractivity contribution is 0.157. The third kappa shape index (κ3) is 6.24. The minimum absolute atomic E-state index is 0.171. The summed E-state index contributed by atoms with van der Waals surface area (Å²) in [7, 11) is 0. The molecule has 3 aromatic rings. The number of H-pyrrole nitrogens is 1. The molecular weight excluding hydrogens is 436 g/mol. The fourth-order valence-electron chi connectivity index (χ4n) is 5.41. The molecule has 2 aliphatic heterocycles. The quantitative estimate of drug-likeness (QED) is 0.490. The Morgan fingerprint density at radius 2 is 1.63 bits per heavy atom. The number of carbonyl (C=O) groups is 1. The third-order valence-corrected chi connectivity index (χ3v) is 7.55. The van der Waals surface area contributed by atoms with Gasteiger partial charge in [-0.1, -0.05) is 54.8 Å². The molecule has 1 aromatic heterocycles. The number of carbonyl (C=O) groups excluding carboxylic acids is 1. The van der Waals surface area contributed by atoms with Crippen molar-refractivity contribution in [1.82, 2.24) is 20.1 Å². The maximum absolute atomic E-state index is 12.6. The second kappa shape index (κ2) is 11.3. The molecule has 2 N–H and O–H groups in total. The lowest BCUT2D eigenvalue weighted by atomic mass is 10.0. The Labute approximate surface area is 208 Å². The van der Waals surface area contributed by atoms with Gasteiger partial charge in [-0.05, 0) is 62.9 Å². The van der Waals surface area contributed by atoms with Crippen LogP contribution in [0.25, 0.3) is 22.0 Å². The van der Waals surface area contributed by atoms with Gasteiger partial charge < -0.3 is 24.8 Å². The molecule has 0 spiro atoms. The number of aryl methyl sites for hydroxylation is 1. The first-order valence-corrected chi connectivity index (χ1v) is 13.3. The van der Waals surface area contributed by atoms with Crippen molar-refractivity contribution in [2.24, 2.45) is 0 Å². The van der Waals surface area contributed by atoms with E-state index in [1.807, 2.05) is 18.2 Å². The van der Waals surface area contributed by atoms with Crippen molar-refractivity contribution in [3.63, 3.8) is 0 Å². The number of hydrogen-bond acceptors (Lipinski definition) is 4. The zero-order chi connectivity index (χ0) is 24.0. The highest BCUT2D eigenvalue weighted by Crippen LogP contribution is 2.31. The van der Waals surface area contributed by atoms with Crippen molar-refractivity contribution in [2.45, 2.75) is 51.5 Å². The number of amides is 1. The molecule has 6 heteroatoms. The summed E-state index contributed by atoms with van der Waals surface area (Å²) < 4.78 is 5.65. The topological polar surface area (TPSA) is 60.6 Å². The number of aromatic nitrogens is 1. The van der Waals surface area contributed by atoms with Gasteiger partial charge in [-0.2, -0.15) is 0 Å². The molecule has 0 saturated carbocycles. The molecule has 186 valence electrons. The van der Waals surface area contributed by atoms with Crippen molar-refractivity contribution in [3.8, 4) is 17.0 Å². The molecule has 5 rings (SSSR count). The van der Waals surface area contributed by atoms with Gasteiger partial charge in [-0.3, -0.25) is 0 Å². The van der Waals surface area contributed by atoms with Gasteiger partial charge in [-0.15, -0.1) is 0 Å². The summed E-state index contributed by atoms with van der Waals surface area (Å²) in [4.78, 5) is 21.0. The molecule has 2 aliphatic rings. The van der Waals surface area contributed by atoms with E-state index in [-0.39, 0.29) is 12.1 Å². The Balaban J connectivity index is 1.11. The number of rotatable bonds is 6. The number of benzene rings is 2. The van der Waals surface area contributed by atoms with Crippen molar-refractivity contribution < 1.29 is 9.53 Å². The van der Waals surface area contributed by atoms with Gasteiger partial charge in [0, 0.05) is 49.2 Å². The predicted molar refractivity (Wildman–Crippen MR) is 142 cm³/mol. The SMILES string of the molecule is Cc1ccc(-c2cccc3[nH]c(OC(=O)NC4CCN(CCN5CCCCCC5)CC4)cc23)cc1.